The molecule has 0 spiro atoms. The van der Waals surface area contributed by atoms with Crippen LogP contribution in [0.3, 0.4) is 0 Å². The number of nitrogens with zero attached hydrogens (tertiary/aromatic N) is 2. The molecule has 1 N–H and O–H groups in total. The van der Waals surface area contributed by atoms with Gasteiger partial charge in [0.25, 0.3) is 0 Å². The van der Waals surface area contributed by atoms with Crippen LogP contribution in [0.15, 0.2) is 18.7 Å². The van der Waals surface area contributed by atoms with Gasteiger partial charge in [0.05, 0.1) is 6.61 Å². The fraction of sp³-hybridized carbons (Fsp3) is 0.455. The Kier molecular flexibility index (Phi) is 5.28. The van der Waals surface area contributed by atoms with Crippen molar-refractivity contribution in [2.75, 3.05) is 25.6 Å². The number of aromatic nitrogens is 2. The Balaban J connectivity index is 2.84. The van der Waals surface area contributed by atoms with Crippen molar-refractivity contribution >= 4 is 5.82 Å². The minimum Gasteiger partial charge on any atom is -0.478 e. The minimum absolute atomic E-state index is 0.365. The van der Waals surface area contributed by atoms with Gasteiger partial charge in [-0.1, -0.05) is 6.08 Å². The first kappa shape index (κ1) is 12.4. The molecule has 0 saturated carbocycles. The van der Waals surface area contributed by atoms with E-state index in [0.717, 1.165) is 0 Å². The van der Waals surface area contributed by atoms with Crippen LogP contribution in [0, 0.1) is 0 Å². The first-order valence-electron chi connectivity index (χ1n) is 5.14. The first-order valence-corrected chi connectivity index (χ1v) is 5.14. The van der Waals surface area contributed by atoms with E-state index in [-0.39, 0.29) is 0 Å². The zero-order valence-corrected chi connectivity index (χ0v) is 9.69. The van der Waals surface area contributed by atoms with Crippen molar-refractivity contribution in [1.82, 2.24) is 9.97 Å². The van der Waals surface area contributed by atoms with Crippen LogP contribution in [-0.2, 0) is 11.3 Å². The van der Waals surface area contributed by atoms with Crippen molar-refractivity contribution in [2.24, 2.45) is 0 Å². The third-order valence-corrected chi connectivity index (χ3v) is 1.74. The van der Waals surface area contributed by atoms with Gasteiger partial charge in [-0.3, -0.25) is 0 Å². The quantitative estimate of drug-likeness (QED) is 0.712. The van der Waals surface area contributed by atoms with Crippen LogP contribution in [-0.4, -0.2) is 30.2 Å². The summed E-state index contributed by atoms with van der Waals surface area (Å²) in [6.45, 7) is 7.13. The number of anilines is 1. The molecule has 5 nitrogen and oxygen atoms in total. The third kappa shape index (κ3) is 3.86. The van der Waals surface area contributed by atoms with Gasteiger partial charge in [0, 0.05) is 19.7 Å². The smallest absolute Gasteiger partial charge is 0.218 e. The molecular weight excluding hydrogens is 206 g/mol. The monoisotopic (exact) mass is 223 g/mol. The van der Waals surface area contributed by atoms with Gasteiger partial charge in [-0.05, 0) is 6.92 Å². The Morgan fingerprint density at radius 3 is 2.94 bits per heavy atom. The van der Waals surface area contributed by atoms with Crippen LogP contribution in [0.1, 0.15) is 12.7 Å². The van der Waals surface area contributed by atoms with Crippen LogP contribution in [0.4, 0.5) is 5.82 Å². The van der Waals surface area contributed by atoms with Gasteiger partial charge in [-0.15, -0.1) is 6.58 Å². The van der Waals surface area contributed by atoms with Crippen molar-refractivity contribution in [3.05, 3.63) is 24.5 Å². The molecule has 0 aliphatic heterocycles. The summed E-state index contributed by atoms with van der Waals surface area (Å²) in [6.07, 6.45) is 1.76. The van der Waals surface area contributed by atoms with E-state index >= 15 is 0 Å². The lowest BCUT2D eigenvalue weighted by Gasteiger charge is -2.08. The van der Waals surface area contributed by atoms with E-state index < -0.39 is 0 Å². The second-order valence-corrected chi connectivity index (χ2v) is 3.04. The maximum Gasteiger partial charge on any atom is 0.218 e. The molecule has 1 heterocycles. The summed E-state index contributed by atoms with van der Waals surface area (Å²) in [5.74, 6) is 1.86. The number of hydrogen-bond acceptors (Lipinski definition) is 5. The molecular formula is C11H17N3O2. The van der Waals surface area contributed by atoms with E-state index in [1.54, 1.807) is 19.3 Å². The molecule has 88 valence electrons. The van der Waals surface area contributed by atoms with Crippen molar-refractivity contribution in [3.8, 4) is 5.88 Å². The SMILES string of the molecule is C=CCNc1cc(OCC)nc(COC)n1. The number of ether oxygens (including phenoxy) is 2. The van der Waals surface area contributed by atoms with Crippen LogP contribution < -0.4 is 10.1 Å². The van der Waals surface area contributed by atoms with Gasteiger partial charge < -0.3 is 14.8 Å². The van der Waals surface area contributed by atoms with E-state index in [0.29, 0.717) is 37.3 Å². The van der Waals surface area contributed by atoms with E-state index in [2.05, 4.69) is 21.9 Å². The van der Waals surface area contributed by atoms with E-state index in [9.17, 15) is 0 Å². The molecule has 1 aromatic heterocycles. The van der Waals surface area contributed by atoms with Crippen molar-refractivity contribution in [1.29, 1.82) is 0 Å². The Morgan fingerprint density at radius 1 is 1.50 bits per heavy atom. The van der Waals surface area contributed by atoms with Crippen molar-refractivity contribution in [2.45, 2.75) is 13.5 Å². The largest absolute Gasteiger partial charge is 0.478 e. The molecule has 5 heteroatoms. The number of rotatable bonds is 7. The average molecular weight is 223 g/mol. The summed E-state index contributed by atoms with van der Waals surface area (Å²) < 4.78 is 10.3. The van der Waals surface area contributed by atoms with Crippen LogP contribution in [0.2, 0.25) is 0 Å². The molecule has 1 aromatic rings. The van der Waals surface area contributed by atoms with Gasteiger partial charge >= 0.3 is 0 Å². The standard InChI is InChI=1S/C11H17N3O2/c1-4-6-12-9-7-11(16-5-2)14-10(13-9)8-15-3/h4,7H,1,5-6,8H2,2-3H3,(H,12,13,14). The number of methoxy groups -OCH3 is 1. The van der Waals surface area contributed by atoms with Crippen molar-refractivity contribution in [3.63, 3.8) is 0 Å². The van der Waals surface area contributed by atoms with E-state index in [1.165, 1.54) is 0 Å². The van der Waals surface area contributed by atoms with Crippen LogP contribution >= 0.6 is 0 Å². The van der Waals surface area contributed by atoms with Crippen LogP contribution in [0.25, 0.3) is 0 Å². The molecule has 0 bridgehead atoms. The molecule has 0 amide bonds. The maximum atomic E-state index is 5.34. The predicted molar refractivity (Wildman–Crippen MR) is 62.6 cm³/mol. The fourth-order valence-corrected chi connectivity index (χ4v) is 1.16. The topological polar surface area (TPSA) is 56.3 Å². The Hall–Kier alpha value is -1.62. The highest BCUT2D eigenvalue weighted by Gasteiger charge is 2.04. The summed E-state index contributed by atoms with van der Waals surface area (Å²) in [7, 11) is 1.60. The molecule has 0 aromatic carbocycles. The highest BCUT2D eigenvalue weighted by atomic mass is 16.5. The lowest BCUT2D eigenvalue weighted by molar-refractivity contribution is 0.176. The molecule has 0 radical (unpaired) electrons. The summed E-state index contributed by atoms with van der Waals surface area (Å²) in [5.41, 5.74) is 0. The normalized spacial score (nSPS) is 9.88. The summed E-state index contributed by atoms with van der Waals surface area (Å²) in [6, 6.07) is 1.76. The van der Waals surface area contributed by atoms with Crippen LogP contribution in [0.5, 0.6) is 5.88 Å². The number of hydrogen-bond donors (Lipinski definition) is 1. The molecule has 16 heavy (non-hydrogen) atoms. The van der Waals surface area contributed by atoms with Gasteiger partial charge in [0.15, 0.2) is 5.82 Å². The maximum absolute atomic E-state index is 5.34. The first-order chi connectivity index (χ1) is 7.80. The Labute approximate surface area is 95.5 Å². The third-order valence-electron chi connectivity index (χ3n) is 1.74. The Bertz CT molecular complexity index is 318. The van der Waals surface area contributed by atoms with Gasteiger partial charge in [-0.25, -0.2) is 4.98 Å². The zero-order chi connectivity index (χ0) is 11.8. The van der Waals surface area contributed by atoms with Gasteiger partial charge in [0.1, 0.15) is 12.4 Å². The fourth-order valence-electron chi connectivity index (χ4n) is 1.16. The van der Waals surface area contributed by atoms with Gasteiger partial charge in [-0.2, -0.15) is 4.98 Å². The van der Waals surface area contributed by atoms with E-state index in [4.69, 9.17) is 9.47 Å². The second-order valence-electron chi connectivity index (χ2n) is 3.04. The lowest BCUT2D eigenvalue weighted by Crippen LogP contribution is -2.07. The summed E-state index contributed by atoms with van der Waals surface area (Å²) >= 11 is 0. The van der Waals surface area contributed by atoms with E-state index in [1.807, 2.05) is 6.92 Å². The second kappa shape index (κ2) is 6.79. The molecule has 0 fully saturated rings. The van der Waals surface area contributed by atoms with Crippen molar-refractivity contribution < 1.29 is 9.47 Å². The summed E-state index contributed by atoms with van der Waals surface area (Å²) in [4.78, 5) is 8.46. The lowest BCUT2D eigenvalue weighted by atomic mass is 10.5. The summed E-state index contributed by atoms with van der Waals surface area (Å²) in [5, 5.41) is 3.09. The molecule has 0 unspecified atom stereocenters. The predicted octanol–water partition coefficient (Wildman–Crippen LogP) is 1.62. The average Bonchev–Trinajstić information content (AvgIpc) is 2.27. The molecule has 0 aliphatic rings. The van der Waals surface area contributed by atoms with Gasteiger partial charge in [0.2, 0.25) is 5.88 Å². The molecule has 0 atom stereocenters. The number of nitrogens with one attached hydrogen (secondary N) is 1. The highest BCUT2D eigenvalue weighted by molar-refractivity contribution is 5.38. The highest BCUT2D eigenvalue weighted by Crippen LogP contribution is 2.13. The molecule has 1 rings (SSSR count). The molecule has 0 aliphatic carbocycles. The zero-order valence-electron chi connectivity index (χ0n) is 9.69. The minimum atomic E-state index is 0.365. The Morgan fingerprint density at radius 2 is 2.31 bits per heavy atom. The molecule has 0 saturated heterocycles.